The number of ether oxygens (including phenoxy) is 2. The monoisotopic (exact) mass is 577 g/mol. The number of hydrogen-bond acceptors (Lipinski definition) is 6. The Bertz CT molecular complexity index is 1300. The number of anilines is 1. The first-order valence-corrected chi connectivity index (χ1v) is 15.1. The summed E-state index contributed by atoms with van der Waals surface area (Å²) < 4.78 is 12.3. The number of aliphatic hydroxyl groups excluding tert-OH is 1. The van der Waals surface area contributed by atoms with Crippen molar-refractivity contribution in [3.8, 4) is 5.75 Å². The summed E-state index contributed by atoms with van der Waals surface area (Å²) in [4.78, 5) is 44.2. The van der Waals surface area contributed by atoms with Gasteiger partial charge in [0.25, 0.3) is 0 Å². The Morgan fingerprint density at radius 3 is 2.43 bits per heavy atom. The molecular weight excluding hydrogens is 534 g/mol. The first kappa shape index (κ1) is 30.0. The molecule has 0 radical (unpaired) electrons. The fourth-order valence-electron chi connectivity index (χ4n) is 7.45. The van der Waals surface area contributed by atoms with Crippen LogP contribution >= 0.6 is 0 Å². The van der Waals surface area contributed by atoms with Gasteiger partial charge >= 0.3 is 0 Å². The first-order valence-electron chi connectivity index (χ1n) is 15.1. The second-order valence-electron chi connectivity index (χ2n) is 12.2. The molecule has 3 saturated heterocycles. The summed E-state index contributed by atoms with van der Waals surface area (Å²) in [5.41, 5.74) is -0.608. The highest BCUT2D eigenvalue weighted by Crippen LogP contribution is 2.65. The molecule has 2 bridgehead atoms. The minimum Gasteiger partial charge on any atom is -0.494 e. The largest absolute Gasteiger partial charge is 0.494 e. The molecule has 3 aliphatic heterocycles. The number of amides is 3. The van der Waals surface area contributed by atoms with Crippen molar-refractivity contribution in [1.82, 2.24) is 10.2 Å². The predicted molar refractivity (Wildman–Crippen MR) is 158 cm³/mol. The highest BCUT2D eigenvalue weighted by molar-refractivity contribution is 6.02. The summed E-state index contributed by atoms with van der Waals surface area (Å²) in [6, 6.07) is 15.1. The van der Waals surface area contributed by atoms with Gasteiger partial charge in [-0.2, -0.15) is 0 Å². The molecule has 9 heteroatoms. The van der Waals surface area contributed by atoms with Crippen molar-refractivity contribution in [1.29, 1.82) is 0 Å². The Morgan fingerprint density at radius 2 is 1.81 bits per heavy atom. The highest BCUT2D eigenvalue weighted by Gasteiger charge is 2.80. The van der Waals surface area contributed by atoms with Crippen molar-refractivity contribution in [2.24, 2.45) is 23.7 Å². The molecule has 3 unspecified atom stereocenters. The van der Waals surface area contributed by atoms with Gasteiger partial charge in [-0.15, -0.1) is 0 Å². The average molecular weight is 578 g/mol. The van der Waals surface area contributed by atoms with E-state index in [1.165, 1.54) is 0 Å². The summed E-state index contributed by atoms with van der Waals surface area (Å²) in [6.45, 7) is 10.3. The lowest BCUT2D eigenvalue weighted by Gasteiger charge is -2.39. The lowest BCUT2D eigenvalue weighted by atomic mass is 9.62. The predicted octanol–water partition coefficient (Wildman–Crippen LogP) is 3.76. The van der Waals surface area contributed by atoms with Crippen molar-refractivity contribution in [3.05, 3.63) is 60.2 Å². The van der Waals surface area contributed by atoms with Gasteiger partial charge < -0.3 is 30.1 Å². The Balaban J connectivity index is 1.51. The topological polar surface area (TPSA) is 117 Å². The summed E-state index contributed by atoms with van der Waals surface area (Å²) >= 11 is 0. The molecule has 226 valence electrons. The number of carbonyl (C=O) groups is 3. The standard InChI is InChI=1S/C33H43N3O6/c1-6-20(3)25(19-37)36-28(30(39)34-18-22-11-9-8-10-12-22)33-17-21(4)32(5,42-33)26(27(33)31(36)40)29(38)35-23-13-15-24(16-14-23)41-7-2/h8-16,20-21,25-28,37H,6-7,17-19H2,1-5H3,(H,34,39)(H,35,38)/t20-,21?,25-,26+,27-,28?,32-,33?/m0/s1. The van der Waals surface area contributed by atoms with Crippen molar-refractivity contribution in [2.75, 3.05) is 18.5 Å². The van der Waals surface area contributed by atoms with Crippen LogP contribution < -0.4 is 15.4 Å². The number of nitrogens with zero attached hydrogens (tertiary/aromatic N) is 1. The van der Waals surface area contributed by atoms with Gasteiger partial charge in [0.15, 0.2) is 0 Å². The van der Waals surface area contributed by atoms with Crippen LogP contribution in [0.2, 0.25) is 0 Å². The summed E-state index contributed by atoms with van der Waals surface area (Å²) in [5.74, 6) is -2.08. The SMILES string of the molecule is CCOc1ccc(NC(=O)[C@H]2[C@H]3C(=O)N([C@@H](CO)[C@@H](C)CC)C(C(=O)NCc4ccccc4)C34CC(C)[C@]2(C)O4)cc1. The fourth-order valence-corrected chi connectivity index (χ4v) is 7.45. The molecule has 3 amide bonds. The minimum absolute atomic E-state index is 0.0695. The number of carbonyl (C=O) groups excluding carboxylic acids is 3. The number of aliphatic hydroxyl groups is 1. The molecule has 8 atom stereocenters. The molecule has 0 aliphatic carbocycles. The lowest BCUT2D eigenvalue weighted by molar-refractivity contribution is -0.151. The van der Waals surface area contributed by atoms with E-state index < -0.39 is 35.1 Å². The Kier molecular flexibility index (Phi) is 8.36. The van der Waals surface area contributed by atoms with E-state index >= 15 is 0 Å². The number of fused-ring (bicyclic) bond motifs is 1. The van der Waals surface area contributed by atoms with Crippen molar-refractivity contribution < 1.29 is 29.0 Å². The fraction of sp³-hybridized carbons (Fsp3) is 0.545. The quantitative estimate of drug-likeness (QED) is 0.375. The molecule has 1 spiro atoms. The molecule has 3 aliphatic rings. The number of nitrogens with one attached hydrogen (secondary N) is 2. The van der Waals surface area contributed by atoms with Gasteiger partial charge in [-0.1, -0.05) is 57.5 Å². The third-order valence-electron chi connectivity index (χ3n) is 9.87. The van der Waals surface area contributed by atoms with Crippen LogP contribution in [0.4, 0.5) is 5.69 Å². The minimum atomic E-state index is -1.19. The van der Waals surface area contributed by atoms with Crippen LogP contribution in [0.15, 0.2) is 54.6 Å². The summed E-state index contributed by atoms with van der Waals surface area (Å²) in [5, 5.41) is 16.6. The summed E-state index contributed by atoms with van der Waals surface area (Å²) in [7, 11) is 0. The third-order valence-corrected chi connectivity index (χ3v) is 9.87. The number of rotatable bonds is 11. The molecule has 0 aromatic heterocycles. The lowest BCUT2D eigenvalue weighted by Crippen LogP contribution is -2.59. The van der Waals surface area contributed by atoms with Gasteiger partial charge in [0, 0.05) is 12.2 Å². The van der Waals surface area contributed by atoms with Crippen LogP contribution in [0.25, 0.3) is 0 Å². The maximum atomic E-state index is 14.5. The van der Waals surface area contributed by atoms with Gasteiger partial charge in [-0.25, -0.2) is 0 Å². The summed E-state index contributed by atoms with van der Waals surface area (Å²) in [6.07, 6.45) is 1.17. The van der Waals surface area contributed by atoms with Crippen LogP contribution in [-0.2, 0) is 25.7 Å². The molecular formula is C33H43N3O6. The smallest absolute Gasteiger partial charge is 0.246 e. The van der Waals surface area contributed by atoms with E-state index in [0.717, 1.165) is 5.56 Å². The van der Waals surface area contributed by atoms with Crippen molar-refractivity contribution >= 4 is 23.4 Å². The van der Waals surface area contributed by atoms with Crippen LogP contribution in [-0.4, -0.2) is 64.2 Å². The second kappa shape index (κ2) is 11.7. The van der Waals surface area contributed by atoms with Gasteiger partial charge in [0.1, 0.15) is 17.4 Å². The van der Waals surface area contributed by atoms with Crippen LogP contribution in [0.1, 0.15) is 53.0 Å². The Morgan fingerprint density at radius 1 is 1.12 bits per heavy atom. The normalized spacial score (nSPS) is 31.0. The van der Waals surface area contributed by atoms with E-state index in [-0.39, 0.29) is 36.2 Å². The van der Waals surface area contributed by atoms with Crippen LogP contribution in [0.5, 0.6) is 5.75 Å². The van der Waals surface area contributed by atoms with E-state index in [1.807, 2.05) is 65.0 Å². The van der Waals surface area contributed by atoms with E-state index in [4.69, 9.17) is 9.47 Å². The van der Waals surface area contributed by atoms with Gasteiger partial charge in [0.05, 0.1) is 36.7 Å². The Hall–Kier alpha value is -3.43. The van der Waals surface area contributed by atoms with Gasteiger partial charge in [0.2, 0.25) is 17.7 Å². The molecule has 3 heterocycles. The maximum Gasteiger partial charge on any atom is 0.246 e. The highest BCUT2D eigenvalue weighted by atomic mass is 16.5. The van der Waals surface area contributed by atoms with Gasteiger partial charge in [-0.3, -0.25) is 14.4 Å². The molecule has 0 saturated carbocycles. The molecule has 9 nitrogen and oxygen atoms in total. The maximum absolute atomic E-state index is 14.5. The third kappa shape index (κ3) is 4.86. The van der Waals surface area contributed by atoms with Crippen LogP contribution in [0, 0.1) is 23.7 Å². The zero-order valence-corrected chi connectivity index (χ0v) is 25.1. The van der Waals surface area contributed by atoms with Crippen LogP contribution in [0.3, 0.4) is 0 Å². The molecule has 5 rings (SSSR count). The number of likely N-dealkylation sites (tertiary alicyclic amines) is 1. The van der Waals surface area contributed by atoms with E-state index in [0.29, 0.717) is 37.4 Å². The zero-order valence-electron chi connectivity index (χ0n) is 25.1. The number of benzene rings is 2. The molecule has 2 aromatic rings. The van der Waals surface area contributed by atoms with Crippen molar-refractivity contribution in [2.45, 2.75) is 77.3 Å². The average Bonchev–Trinajstić information content (AvgIpc) is 3.50. The number of hydrogen-bond donors (Lipinski definition) is 3. The molecule has 2 aromatic carbocycles. The Labute approximate surface area is 248 Å². The van der Waals surface area contributed by atoms with E-state index in [1.54, 1.807) is 29.2 Å². The zero-order chi connectivity index (χ0) is 30.2. The van der Waals surface area contributed by atoms with Gasteiger partial charge in [-0.05, 0) is 61.9 Å². The van der Waals surface area contributed by atoms with Crippen molar-refractivity contribution in [3.63, 3.8) is 0 Å². The second-order valence-corrected chi connectivity index (χ2v) is 12.2. The van der Waals surface area contributed by atoms with E-state index in [2.05, 4.69) is 10.6 Å². The first-order chi connectivity index (χ1) is 20.1. The molecule has 3 fully saturated rings. The molecule has 42 heavy (non-hydrogen) atoms. The van der Waals surface area contributed by atoms with E-state index in [9.17, 15) is 19.5 Å². The molecule has 3 N–H and O–H groups in total.